The molecule has 1 aliphatic carbocycles. The van der Waals surface area contributed by atoms with Crippen LogP contribution >= 0.6 is 0 Å². The second-order valence-corrected chi connectivity index (χ2v) is 10.9. The third kappa shape index (κ3) is 3.10. The molecule has 0 bridgehead atoms. The Morgan fingerprint density at radius 3 is 2.52 bits per heavy atom. The fraction of sp³-hybridized carbons (Fsp3) is 0.435. The van der Waals surface area contributed by atoms with E-state index in [4.69, 9.17) is 4.74 Å². The predicted octanol–water partition coefficient (Wildman–Crippen LogP) is 3.83. The summed E-state index contributed by atoms with van der Waals surface area (Å²) in [6.07, 6.45) is 1.56. The first kappa shape index (κ1) is 20.6. The summed E-state index contributed by atoms with van der Waals surface area (Å²) in [5, 5.41) is -0.712. The molecule has 2 aliphatic heterocycles. The van der Waals surface area contributed by atoms with Gasteiger partial charge in [0.2, 0.25) is 10.0 Å². The summed E-state index contributed by atoms with van der Waals surface area (Å²) in [4.78, 5) is 12.1. The fourth-order valence-electron chi connectivity index (χ4n) is 5.10. The summed E-state index contributed by atoms with van der Waals surface area (Å²) in [5.74, 6) is -2.03. The number of nitrogens with zero attached hydrogens (tertiary/aromatic N) is 1. The predicted molar refractivity (Wildman–Crippen MR) is 109 cm³/mol. The highest BCUT2D eigenvalue weighted by Gasteiger charge is 2.68. The topological polar surface area (TPSA) is 63.7 Å². The molecule has 0 spiro atoms. The van der Waals surface area contributed by atoms with Gasteiger partial charge >= 0.3 is 5.97 Å². The van der Waals surface area contributed by atoms with Crippen molar-refractivity contribution < 1.29 is 26.7 Å². The van der Waals surface area contributed by atoms with Crippen LogP contribution in [-0.2, 0) is 31.5 Å². The molecule has 8 heteroatoms. The summed E-state index contributed by atoms with van der Waals surface area (Å²) < 4.78 is 63.0. The van der Waals surface area contributed by atoms with Gasteiger partial charge in [0.05, 0.1) is 6.61 Å². The molecule has 0 aromatic heterocycles. The summed E-state index contributed by atoms with van der Waals surface area (Å²) in [7, 11) is -3.76. The number of esters is 1. The van der Waals surface area contributed by atoms with Crippen molar-refractivity contribution in [3.8, 4) is 0 Å². The Morgan fingerprint density at radius 2 is 1.87 bits per heavy atom. The van der Waals surface area contributed by atoms with Crippen LogP contribution in [-0.4, -0.2) is 31.3 Å². The third-order valence-corrected chi connectivity index (χ3v) is 9.39. The minimum atomic E-state index is -3.76. The highest BCUT2D eigenvalue weighted by atomic mass is 32.2. The zero-order valence-corrected chi connectivity index (χ0v) is 17.9. The quantitative estimate of drug-likeness (QED) is 0.669. The molecule has 2 heterocycles. The van der Waals surface area contributed by atoms with Crippen LogP contribution in [0.4, 0.5) is 8.78 Å². The SMILES string of the molecule is C[C@H]1CC[C@H](c2ccccc2)S(=O)(=O)N1Cc1cc(F)c([C@@]23C[C@@H]2COC3=O)cc1F. The number of hydrogen-bond donors (Lipinski definition) is 0. The average molecular weight is 448 g/mol. The molecule has 3 fully saturated rings. The molecule has 3 aliphatic rings. The van der Waals surface area contributed by atoms with E-state index in [-0.39, 0.29) is 36.2 Å². The molecule has 0 N–H and O–H groups in total. The molecule has 0 amide bonds. The molecule has 2 aromatic rings. The lowest BCUT2D eigenvalue weighted by Crippen LogP contribution is -2.44. The fourth-order valence-corrected chi connectivity index (χ4v) is 7.28. The van der Waals surface area contributed by atoms with Crippen molar-refractivity contribution in [1.29, 1.82) is 0 Å². The molecule has 164 valence electrons. The van der Waals surface area contributed by atoms with E-state index >= 15 is 4.39 Å². The highest BCUT2D eigenvalue weighted by molar-refractivity contribution is 7.89. The Kier molecular flexibility index (Phi) is 4.71. The number of sulfonamides is 1. The van der Waals surface area contributed by atoms with Gasteiger partial charge < -0.3 is 4.74 Å². The van der Waals surface area contributed by atoms with E-state index in [0.717, 1.165) is 12.1 Å². The van der Waals surface area contributed by atoms with Crippen molar-refractivity contribution in [2.45, 2.75) is 49.4 Å². The van der Waals surface area contributed by atoms with E-state index in [1.54, 1.807) is 31.2 Å². The first-order chi connectivity index (χ1) is 14.7. The summed E-state index contributed by atoms with van der Waals surface area (Å²) in [6.45, 7) is 1.76. The maximum atomic E-state index is 15.0. The first-order valence-electron chi connectivity index (χ1n) is 10.5. The van der Waals surface area contributed by atoms with E-state index < -0.39 is 38.3 Å². The van der Waals surface area contributed by atoms with Crippen LogP contribution in [0.25, 0.3) is 0 Å². The van der Waals surface area contributed by atoms with Gasteiger partial charge in [0.15, 0.2) is 0 Å². The van der Waals surface area contributed by atoms with Crippen molar-refractivity contribution in [3.63, 3.8) is 0 Å². The number of hydrogen-bond acceptors (Lipinski definition) is 4. The maximum absolute atomic E-state index is 15.0. The van der Waals surface area contributed by atoms with Gasteiger partial charge in [-0.15, -0.1) is 0 Å². The van der Waals surface area contributed by atoms with Crippen LogP contribution in [0.15, 0.2) is 42.5 Å². The molecular weight excluding hydrogens is 424 g/mol. The minimum absolute atomic E-state index is 0.0120. The zero-order chi connectivity index (χ0) is 22.0. The number of rotatable bonds is 4. The van der Waals surface area contributed by atoms with E-state index in [9.17, 15) is 17.6 Å². The Labute approximate surface area is 180 Å². The summed E-state index contributed by atoms with van der Waals surface area (Å²) >= 11 is 0. The number of ether oxygens (including phenoxy) is 1. The van der Waals surface area contributed by atoms with Gasteiger partial charge in [0.1, 0.15) is 22.3 Å². The number of carbonyl (C=O) groups is 1. The van der Waals surface area contributed by atoms with Crippen molar-refractivity contribution >= 4 is 16.0 Å². The monoisotopic (exact) mass is 447 g/mol. The number of halogens is 2. The van der Waals surface area contributed by atoms with Crippen LogP contribution in [0, 0.1) is 17.6 Å². The van der Waals surface area contributed by atoms with Gasteiger partial charge in [-0.3, -0.25) is 4.79 Å². The molecule has 5 rings (SSSR count). The van der Waals surface area contributed by atoms with Gasteiger partial charge in [-0.25, -0.2) is 17.2 Å². The molecule has 4 atom stereocenters. The molecule has 0 radical (unpaired) electrons. The second kappa shape index (κ2) is 7.10. The molecule has 2 aromatic carbocycles. The number of carbonyl (C=O) groups excluding carboxylic acids is 1. The van der Waals surface area contributed by atoms with Crippen LogP contribution in [0.3, 0.4) is 0 Å². The lowest BCUT2D eigenvalue weighted by molar-refractivity contribution is -0.142. The van der Waals surface area contributed by atoms with Crippen LogP contribution in [0.2, 0.25) is 0 Å². The Morgan fingerprint density at radius 1 is 1.13 bits per heavy atom. The molecule has 1 saturated carbocycles. The van der Waals surface area contributed by atoms with Crippen molar-refractivity contribution in [2.24, 2.45) is 5.92 Å². The van der Waals surface area contributed by atoms with Crippen LogP contribution in [0.5, 0.6) is 0 Å². The average Bonchev–Trinajstić information content (AvgIpc) is 3.39. The van der Waals surface area contributed by atoms with Crippen molar-refractivity contribution in [3.05, 3.63) is 70.8 Å². The first-order valence-corrected chi connectivity index (χ1v) is 12.0. The molecule has 2 saturated heterocycles. The van der Waals surface area contributed by atoms with Crippen molar-refractivity contribution in [1.82, 2.24) is 4.31 Å². The lowest BCUT2D eigenvalue weighted by Gasteiger charge is -2.37. The highest BCUT2D eigenvalue weighted by Crippen LogP contribution is 2.59. The van der Waals surface area contributed by atoms with Crippen LogP contribution in [0.1, 0.15) is 48.1 Å². The molecule has 5 nitrogen and oxygen atoms in total. The third-order valence-electron chi connectivity index (χ3n) is 7.02. The molecular formula is C23H23F2NO4S. The van der Waals surface area contributed by atoms with Gasteiger partial charge in [-0.2, -0.15) is 4.31 Å². The summed E-state index contributed by atoms with van der Waals surface area (Å²) in [5.41, 5.74) is -0.407. The molecule has 31 heavy (non-hydrogen) atoms. The second-order valence-electron chi connectivity index (χ2n) is 8.81. The number of fused-ring (bicyclic) bond motifs is 1. The Hall–Kier alpha value is -2.32. The van der Waals surface area contributed by atoms with Gasteiger partial charge in [0, 0.05) is 29.6 Å². The number of cyclic esters (lactones) is 1. The maximum Gasteiger partial charge on any atom is 0.317 e. The van der Waals surface area contributed by atoms with Gasteiger partial charge in [0.25, 0.3) is 0 Å². The zero-order valence-electron chi connectivity index (χ0n) is 17.1. The normalized spacial score (nSPS) is 31.8. The largest absolute Gasteiger partial charge is 0.465 e. The standard InChI is InChI=1S/C23H23F2NO4S/c1-14-7-8-21(15-5-3-2-4-6-15)31(28,29)26(14)12-16-9-20(25)18(10-19(16)24)23-11-17(23)13-30-22(23)27/h2-6,9-10,14,17,21H,7-8,11-13H2,1H3/t14-,17+,21+,23+/m0/s1. The Bertz CT molecular complexity index is 1150. The van der Waals surface area contributed by atoms with Gasteiger partial charge in [-0.1, -0.05) is 30.3 Å². The molecule has 0 unspecified atom stereocenters. The smallest absolute Gasteiger partial charge is 0.317 e. The summed E-state index contributed by atoms with van der Waals surface area (Å²) in [6, 6.07) is 10.7. The van der Waals surface area contributed by atoms with E-state index in [1.165, 1.54) is 4.31 Å². The number of benzene rings is 2. The minimum Gasteiger partial charge on any atom is -0.465 e. The van der Waals surface area contributed by atoms with E-state index in [1.807, 2.05) is 6.07 Å². The van der Waals surface area contributed by atoms with E-state index in [0.29, 0.717) is 24.8 Å². The van der Waals surface area contributed by atoms with Gasteiger partial charge in [-0.05, 0) is 43.9 Å². The Balaban J connectivity index is 1.46. The van der Waals surface area contributed by atoms with E-state index in [2.05, 4.69) is 0 Å². The lowest BCUT2D eigenvalue weighted by atomic mass is 9.92. The van der Waals surface area contributed by atoms with Crippen molar-refractivity contribution in [2.75, 3.05) is 6.61 Å². The van der Waals surface area contributed by atoms with Crippen LogP contribution < -0.4 is 0 Å².